The summed E-state index contributed by atoms with van der Waals surface area (Å²) in [4.78, 5) is 20.0. The average Bonchev–Trinajstić information content (AvgIpc) is 2.34. The van der Waals surface area contributed by atoms with E-state index in [0.717, 1.165) is 0 Å². The van der Waals surface area contributed by atoms with Crippen molar-refractivity contribution in [3.05, 3.63) is 16.9 Å². The zero-order chi connectivity index (χ0) is 13.8. The summed E-state index contributed by atoms with van der Waals surface area (Å²) in [5.74, 6) is -0.209. The molecule has 0 bridgehead atoms. The van der Waals surface area contributed by atoms with Gasteiger partial charge in [0.2, 0.25) is 5.95 Å². The summed E-state index contributed by atoms with van der Waals surface area (Å²) in [7, 11) is 0. The van der Waals surface area contributed by atoms with Gasteiger partial charge in [0.25, 0.3) is 0 Å². The van der Waals surface area contributed by atoms with Crippen molar-refractivity contribution in [1.29, 1.82) is 0 Å². The van der Waals surface area contributed by atoms with Crippen LogP contribution in [-0.4, -0.2) is 22.5 Å². The molecule has 0 amide bonds. The zero-order valence-corrected chi connectivity index (χ0v) is 11.6. The third-order valence-electron chi connectivity index (χ3n) is 3.15. The Morgan fingerprint density at radius 1 is 1.44 bits per heavy atom. The van der Waals surface area contributed by atoms with Crippen molar-refractivity contribution in [2.45, 2.75) is 39.0 Å². The predicted molar refractivity (Wildman–Crippen MR) is 70.3 cm³/mol. The molecule has 5 nitrogen and oxygen atoms in total. The summed E-state index contributed by atoms with van der Waals surface area (Å²) in [6.07, 6.45) is 2.64. The normalized spacial score (nSPS) is 11.3. The highest BCUT2D eigenvalue weighted by molar-refractivity contribution is 6.30. The topological polar surface area (TPSA) is 78.1 Å². The van der Waals surface area contributed by atoms with Crippen molar-refractivity contribution in [2.75, 3.05) is 12.3 Å². The van der Waals surface area contributed by atoms with Gasteiger partial charge in [0.05, 0.1) is 12.0 Å². The van der Waals surface area contributed by atoms with Gasteiger partial charge in [-0.15, -0.1) is 0 Å². The molecule has 6 heteroatoms. The summed E-state index contributed by atoms with van der Waals surface area (Å²) >= 11 is 6.08. The van der Waals surface area contributed by atoms with Crippen molar-refractivity contribution in [3.8, 4) is 0 Å². The maximum atomic E-state index is 12.2. The van der Waals surface area contributed by atoms with Gasteiger partial charge in [0.1, 0.15) is 5.15 Å². The third-order valence-corrected chi connectivity index (χ3v) is 3.44. The number of nitrogens with two attached hydrogens (primary N) is 1. The molecule has 0 unspecified atom stereocenters. The molecule has 0 aliphatic heterocycles. The Morgan fingerprint density at radius 2 is 2.06 bits per heavy atom. The van der Waals surface area contributed by atoms with E-state index in [4.69, 9.17) is 22.1 Å². The molecule has 18 heavy (non-hydrogen) atoms. The lowest BCUT2D eigenvalue weighted by atomic mass is 9.77. The molecule has 2 N–H and O–H groups in total. The first-order valence-electron chi connectivity index (χ1n) is 5.97. The largest absolute Gasteiger partial charge is 0.465 e. The second-order valence-corrected chi connectivity index (χ2v) is 4.30. The number of carbonyl (C=O) groups is 1. The van der Waals surface area contributed by atoms with Gasteiger partial charge in [0.15, 0.2) is 0 Å². The molecule has 0 spiro atoms. The van der Waals surface area contributed by atoms with Crippen LogP contribution in [0.5, 0.6) is 0 Å². The van der Waals surface area contributed by atoms with Crippen LogP contribution in [0.25, 0.3) is 0 Å². The Hall–Kier alpha value is -1.36. The van der Waals surface area contributed by atoms with Gasteiger partial charge in [-0.3, -0.25) is 4.79 Å². The summed E-state index contributed by atoms with van der Waals surface area (Å²) < 4.78 is 5.14. The minimum atomic E-state index is -0.805. The van der Waals surface area contributed by atoms with Crippen LogP contribution < -0.4 is 5.73 Å². The molecule has 0 saturated heterocycles. The van der Waals surface area contributed by atoms with Crippen LogP contribution in [-0.2, 0) is 14.9 Å². The molecule has 100 valence electrons. The van der Waals surface area contributed by atoms with Gasteiger partial charge in [0, 0.05) is 11.8 Å². The predicted octanol–water partition coefficient (Wildman–Crippen LogP) is 2.33. The standard InChI is InChI=1S/C12H18ClN3O2/c1-4-12(5-2,10(17)18-6-3)8-7-15-11(14)16-9(8)13/h7H,4-6H2,1-3H3,(H2,14,15,16). The number of carbonyl (C=O) groups excluding carboxylic acids is 1. The van der Waals surface area contributed by atoms with Crippen molar-refractivity contribution in [3.63, 3.8) is 0 Å². The molecule has 0 aliphatic carbocycles. The quantitative estimate of drug-likeness (QED) is 0.657. The maximum absolute atomic E-state index is 12.2. The second-order valence-electron chi connectivity index (χ2n) is 3.94. The molecule has 0 radical (unpaired) electrons. The van der Waals surface area contributed by atoms with Crippen LogP contribution in [0, 0.1) is 0 Å². The minimum Gasteiger partial charge on any atom is -0.465 e. The lowest BCUT2D eigenvalue weighted by Gasteiger charge is -2.29. The van der Waals surface area contributed by atoms with E-state index in [9.17, 15) is 4.79 Å². The average molecular weight is 272 g/mol. The summed E-state index contributed by atoms with van der Waals surface area (Å²) in [6, 6.07) is 0. The van der Waals surface area contributed by atoms with Crippen LogP contribution in [0.2, 0.25) is 5.15 Å². The highest BCUT2D eigenvalue weighted by atomic mass is 35.5. The first-order chi connectivity index (χ1) is 8.51. The number of ether oxygens (including phenoxy) is 1. The number of anilines is 1. The van der Waals surface area contributed by atoms with Crippen molar-refractivity contribution < 1.29 is 9.53 Å². The third kappa shape index (κ3) is 2.56. The fourth-order valence-corrected chi connectivity index (χ4v) is 2.31. The first-order valence-corrected chi connectivity index (χ1v) is 6.35. The fraction of sp³-hybridized carbons (Fsp3) is 0.583. The lowest BCUT2D eigenvalue weighted by molar-refractivity contribution is -0.150. The van der Waals surface area contributed by atoms with Gasteiger partial charge in [-0.25, -0.2) is 9.97 Å². The van der Waals surface area contributed by atoms with Crippen LogP contribution >= 0.6 is 11.6 Å². The molecule has 0 saturated carbocycles. The molecule has 0 aromatic carbocycles. The van der Waals surface area contributed by atoms with Crippen molar-refractivity contribution in [2.24, 2.45) is 0 Å². The van der Waals surface area contributed by atoms with E-state index in [-0.39, 0.29) is 17.1 Å². The van der Waals surface area contributed by atoms with Gasteiger partial charge in [-0.05, 0) is 19.8 Å². The van der Waals surface area contributed by atoms with Crippen LogP contribution in [0.1, 0.15) is 39.2 Å². The molecule has 0 aliphatic rings. The number of nitrogen functional groups attached to an aromatic ring is 1. The first kappa shape index (κ1) is 14.7. The van der Waals surface area contributed by atoms with Gasteiger partial charge in [-0.1, -0.05) is 25.4 Å². The van der Waals surface area contributed by atoms with Crippen LogP contribution in [0.4, 0.5) is 5.95 Å². The monoisotopic (exact) mass is 271 g/mol. The molecular formula is C12H18ClN3O2. The number of nitrogens with zero attached hydrogens (tertiary/aromatic N) is 2. The van der Waals surface area contributed by atoms with E-state index in [0.29, 0.717) is 25.0 Å². The lowest BCUT2D eigenvalue weighted by Crippen LogP contribution is -2.37. The number of aromatic nitrogens is 2. The summed E-state index contributed by atoms with van der Waals surface area (Å²) in [5.41, 5.74) is 5.23. The van der Waals surface area contributed by atoms with E-state index in [1.165, 1.54) is 6.20 Å². The SMILES string of the molecule is CCOC(=O)C(CC)(CC)c1cnc(N)nc1Cl. The molecule has 1 rings (SSSR count). The van der Waals surface area contributed by atoms with E-state index in [1.807, 2.05) is 13.8 Å². The van der Waals surface area contributed by atoms with E-state index in [1.54, 1.807) is 6.92 Å². The zero-order valence-electron chi connectivity index (χ0n) is 10.9. The number of rotatable bonds is 5. The molecule has 1 aromatic rings. The van der Waals surface area contributed by atoms with Crippen LogP contribution in [0.15, 0.2) is 6.20 Å². The Labute approximate surface area is 112 Å². The Balaban J connectivity index is 3.30. The Bertz CT molecular complexity index is 433. The molecule has 0 fully saturated rings. The number of hydrogen-bond donors (Lipinski definition) is 1. The van der Waals surface area contributed by atoms with Crippen molar-refractivity contribution in [1.82, 2.24) is 9.97 Å². The maximum Gasteiger partial charge on any atom is 0.316 e. The molecular weight excluding hydrogens is 254 g/mol. The number of esters is 1. The van der Waals surface area contributed by atoms with Crippen molar-refractivity contribution >= 4 is 23.5 Å². The fourth-order valence-electron chi connectivity index (χ4n) is 1.99. The summed E-state index contributed by atoms with van der Waals surface area (Å²) in [5, 5.41) is 0.208. The minimum absolute atomic E-state index is 0.0914. The molecule has 1 aromatic heterocycles. The van der Waals surface area contributed by atoms with Gasteiger partial charge < -0.3 is 10.5 Å². The smallest absolute Gasteiger partial charge is 0.316 e. The van der Waals surface area contributed by atoms with E-state index < -0.39 is 5.41 Å². The summed E-state index contributed by atoms with van der Waals surface area (Å²) in [6.45, 7) is 5.92. The highest BCUT2D eigenvalue weighted by Crippen LogP contribution is 2.36. The highest BCUT2D eigenvalue weighted by Gasteiger charge is 2.40. The Morgan fingerprint density at radius 3 is 2.50 bits per heavy atom. The van der Waals surface area contributed by atoms with Crippen LogP contribution in [0.3, 0.4) is 0 Å². The molecule has 0 atom stereocenters. The van der Waals surface area contributed by atoms with E-state index in [2.05, 4.69) is 9.97 Å². The van der Waals surface area contributed by atoms with Gasteiger partial charge in [-0.2, -0.15) is 0 Å². The number of hydrogen-bond acceptors (Lipinski definition) is 5. The second kappa shape index (κ2) is 6.00. The number of halogens is 1. The van der Waals surface area contributed by atoms with E-state index >= 15 is 0 Å². The van der Waals surface area contributed by atoms with Gasteiger partial charge >= 0.3 is 5.97 Å². The Kier molecular flexibility index (Phi) is 4.90. The molecule has 1 heterocycles.